The van der Waals surface area contributed by atoms with Crippen molar-refractivity contribution in [2.75, 3.05) is 0 Å². The molecule has 0 bridgehead atoms. The first-order valence-corrected chi connectivity index (χ1v) is 3.00. The Morgan fingerprint density at radius 2 is 2.67 bits per heavy atom. The molecule has 0 saturated carbocycles. The first-order valence-electron chi connectivity index (χ1n) is 3.00. The van der Waals surface area contributed by atoms with Crippen LogP contribution in [0.15, 0.2) is 16.8 Å². The maximum atomic E-state index is 5.60. The van der Waals surface area contributed by atoms with Crippen molar-refractivity contribution in [2.24, 2.45) is 5.73 Å². The summed E-state index contributed by atoms with van der Waals surface area (Å²) in [4.78, 5) is 0. The number of nitrogens with zero attached hydrogens (tertiary/aromatic N) is 1. The van der Waals surface area contributed by atoms with Crippen LogP contribution in [0.2, 0.25) is 0 Å². The van der Waals surface area contributed by atoms with Crippen molar-refractivity contribution in [2.45, 2.75) is 19.4 Å². The van der Waals surface area contributed by atoms with Gasteiger partial charge in [0.05, 0.1) is 12.2 Å². The fraction of sp³-hybridized carbons (Fsp3) is 0.500. The normalized spacial score (nSPS) is 13.6. The molecule has 0 aliphatic heterocycles. The van der Waals surface area contributed by atoms with Crippen molar-refractivity contribution in [3.05, 3.63) is 18.0 Å². The summed E-state index contributed by atoms with van der Waals surface area (Å²) in [6.07, 6.45) is 2.49. The maximum Gasteiger partial charge on any atom is 0.153 e. The maximum absolute atomic E-state index is 5.60. The Labute approximate surface area is 53.8 Å². The number of hydrogen-bond donors (Lipinski definition) is 1. The van der Waals surface area contributed by atoms with E-state index in [4.69, 9.17) is 10.3 Å². The summed E-state index contributed by atoms with van der Waals surface area (Å²) in [5.74, 6) is 0.762. The van der Waals surface area contributed by atoms with Gasteiger partial charge in [0.15, 0.2) is 5.76 Å². The van der Waals surface area contributed by atoms with Crippen molar-refractivity contribution >= 4 is 0 Å². The lowest BCUT2D eigenvalue weighted by atomic mass is 10.2. The molecule has 3 heteroatoms. The summed E-state index contributed by atoms with van der Waals surface area (Å²) >= 11 is 0. The Morgan fingerprint density at radius 1 is 1.89 bits per heavy atom. The molecule has 1 aromatic rings. The number of hydrogen-bond acceptors (Lipinski definition) is 3. The van der Waals surface area contributed by atoms with Crippen molar-refractivity contribution in [3.63, 3.8) is 0 Å². The van der Waals surface area contributed by atoms with E-state index in [9.17, 15) is 0 Å². The van der Waals surface area contributed by atoms with Gasteiger partial charge in [0.1, 0.15) is 0 Å². The quantitative estimate of drug-likeness (QED) is 0.645. The highest BCUT2D eigenvalue weighted by Gasteiger charge is 2.04. The summed E-state index contributed by atoms with van der Waals surface area (Å²) in [5.41, 5.74) is 5.60. The highest BCUT2D eigenvalue weighted by molar-refractivity contribution is 4.98. The van der Waals surface area contributed by atoms with Crippen LogP contribution < -0.4 is 5.73 Å². The molecule has 0 radical (unpaired) electrons. The Morgan fingerprint density at radius 3 is 3.11 bits per heavy atom. The Bertz CT molecular complexity index is 160. The van der Waals surface area contributed by atoms with E-state index in [2.05, 4.69) is 5.16 Å². The molecule has 0 aliphatic rings. The van der Waals surface area contributed by atoms with Crippen LogP contribution in [0, 0.1) is 0 Å². The lowest BCUT2D eigenvalue weighted by Crippen LogP contribution is -2.06. The third kappa shape index (κ3) is 1.29. The van der Waals surface area contributed by atoms with Gasteiger partial charge in [0.25, 0.3) is 0 Å². The van der Waals surface area contributed by atoms with Gasteiger partial charge in [-0.25, -0.2) is 0 Å². The van der Waals surface area contributed by atoms with Crippen LogP contribution in [0.3, 0.4) is 0 Å². The molecule has 1 atom stereocenters. The minimum absolute atomic E-state index is 0.00694. The Kier molecular flexibility index (Phi) is 1.85. The zero-order valence-corrected chi connectivity index (χ0v) is 5.37. The number of rotatable bonds is 2. The second-order valence-electron chi connectivity index (χ2n) is 1.93. The molecule has 1 heterocycles. The second-order valence-corrected chi connectivity index (χ2v) is 1.93. The molecule has 1 rings (SSSR count). The first kappa shape index (κ1) is 6.29. The van der Waals surface area contributed by atoms with E-state index in [1.165, 1.54) is 0 Å². The average molecular weight is 126 g/mol. The van der Waals surface area contributed by atoms with Crippen molar-refractivity contribution in [1.29, 1.82) is 0 Å². The van der Waals surface area contributed by atoms with Crippen LogP contribution >= 0.6 is 0 Å². The monoisotopic (exact) mass is 126 g/mol. The fourth-order valence-electron chi connectivity index (χ4n) is 0.618. The van der Waals surface area contributed by atoms with E-state index in [0.717, 1.165) is 12.2 Å². The molecule has 0 amide bonds. The first-order chi connectivity index (χ1) is 4.34. The van der Waals surface area contributed by atoms with Gasteiger partial charge in [-0.1, -0.05) is 12.1 Å². The summed E-state index contributed by atoms with van der Waals surface area (Å²) in [7, 11) is 0. The number of aromatic nitrogens is 1. The predicted octanol–water partition coefficient (Wildman–Crippen LogP) is 1.08. The van der Waals surface area contributed by atoms with E-state index in [0.29, 0.717) is 0 Å². The molecule has 1 unspecified atom stereocenters. The predicted molar refractivity (Wildman–Crippen MR) is 33.7 cm³/mol. The molecular weight excluding hydrogens is 116 g/mol. The summed E-state index contributed by atoms with van der Waals surface area (Å²) in [6, 6.07) is 1.79. The molecule has 9 heavy (non-hydrogen) atoms. The van der Waals surface area contributed by atoms with Crippen molar-refractivity contribution in [1.82, 2.24) is 5.16 Å². The van der Waals surface area contributed by atoms with Crippen LogP contribution in [-0.4, -0.2) is 5.16 Å². The standard InChI is InChI=1S/C6H10N2O/c1-2-5(7)6-3-4-8-9-6/h3-5H,2,7H2,1H3. The van der Waals surface area contributed by atoms with E-state index in [1.807, 2.05) is 6.92 Å². The topological polar surface area (TPSA) is 52.0 Å². The van der Waals surface area contributed by atoms with Gasteiger partial charge in [-0.05, 0) is 6.42 Å². The summed E-state index contributed by atoms with van der Waals surface area (Å²) < 4.78 is 4.81. The zero-order valence-electron chi connectivity index (χ0n) is 5.37. The van der Waals surface area contributed by atoms with Gasteiger partial charge in [0.2, 0.25) is 0 Å². The third-order valence-electron chi connectivity index (χ3n) is 1.26. The minimum Gasteiger partial charge on any atom is -0.360 e. The molecule has 0 spiro atoms. The average Bonchev–Trinajstić information content (AvgIpc) is 2.37. The highest BCUT2D eigenvalue weighted by atomic mass is 16.5. The summed E-state index contributed by atoms with van der Waals surface area (Å²) in [5, 5.41) is 3.54. The molecule has 0 aliphatic carbocycles. The SMILES string of the molecule is CCC(N)c1ccno1. The largest absolute Gasteiger partial charge is 0.360 e. The van der Waals surface area contributed by atoms with Crippen molar-refractivity contribution < 1.29 is 4.52 Å². The van der Waals surface area contributed by atoms with Gasteiger partial charge >= 0.3 is 0 Å². The molecule has 3 nitrogen and oxygen atoms in total. The second kappa shape index (κ2) is 2.64. The lowest BCUT2D eigenvalue weighted by molar-refractivity contribution is 0.358. The number of nitrogens with two attached hydrogens (primary N) is 1. The van der Waals surface area contributed by atoms with Crippen molar-refractivity contribution in [3.8, 4) is 0 Å². The highest BCUT2D eigenvalue weighted by Crippen LogP contribution is 2.10. The van der Waals surface area contributed by atoms with Crippen LogP contribution in [0.25, 0.3) is 0 Å². The van der Waals surface area contributed by atoms with Crippen LogP contribution in [0.5, 0.6) is 0 Å². The van der Waals surface area contributed by atoms with Gasteiger partial charge in [0, 0.05) is 6.07 Å². The van der Waals surface area contributed by atoms with E-state index >= 15 is 0 Å². The zero-order chi connectivity index (χ0) is 6.69. The minimum atomic E-state index is 0.00694. The van der Waals surface area contributed by atoms with Crippen LogP contribution in [-0.2, 0) is 0 Å². The molecule has 0 saturated heterocycles. The van der Waals surface area contributed by atoms with E-state index in [1.54, 1.807) is 12.3 Å². The third-order valence-corrected chi connectivity index (χ3v) is 1.26. The van der Waals surface area contributed by atoms with E-state index in [-0.39, 0.29) is 6.04 Å². The molecule has 0 aromatic carbocycles. The molecule has 1 aromatic heterocycles. The molecule has 50 valence electrons. The van der Waals surface area contributed by atoms with Gasteiger partial charge < -0.3 is 10.3 Å². The molecule has 2 N–H and O–H groups in total. The van der Waals surface area contributed by atoms with Gasteiger partial charge in [-0.3, -0.25) is 0 Å². The van der Waals surface area contributed by atoms with Gasteiger partial charge in [-0.15, -0.1) is 0 Å². The fourth-order valence-corrected chi connectivity index (χ4v) is 0.618. The molecule has 0 fully saturated rings. The molecular formula is C6H10N2O. The Balaban J connectivity index is 2.65. The van der Waals surface area contributed by atoms with E-state index < -0.39 is 0 Å². The Hall–Kier alpha value is -0.830. The summed E-state index contributed by atoms with van der Waals surface area (Å²) in [6.45, 7) is 2.01. The lowest BCUT2D eigenvalue weighted by Gasteiger charge is -2.00. The van der Waals surface area contributed by atoms with Crippen LogP contribution in [0.1, 0.15) is 25.1 Å². The van der Waals surface area contributed by atoms with Gasteiger partial charge in [-0.2, -0.15) is 0 Å². The smallest absolute Gasteiger partial charge is 0.153 e. The van der Waals surface area contributed by atoms with Crippen LogP contribution in [0.4, 0.5) is 0 Å².